The zero-order valence-electron chi connectivity index (χ0n) is 15.1. The second-order valence-electron chi connectivity index (χ2n) is 6.34. The Balaban J connectivity index is 1.31. The molecule has 1 fully saturated rings. The molecule has 0 spiro atoms. The molecule has 0 unspecified atom stereocenters. The van der Waals surface area contributed by atoms with Crippen molar-refractivity contribution in [3.63, 3.8) is 0 Å². The summed E-state index contributed by atoms with van der Waals surface area (Å²) in [6.07, 6.45) is 3.42. The Kier molecular flexibility index (Phi) is 4.84. The molecular weight excluding hydrogens is 346 g/mol. The molecule has 1 amide bonds. The molecule has 1 aromatic carbocycles. The number of carbonyl (C=O) groups excluding carboxylic acids is 1. The predicted molar refractivity (Wildman–Crippen MR) is 101 cm³/mol. The van der Waals surface area contributed by atoms with Gasteiger partial charge in [-0.3, -0.25) is 14.1 Å². The molecular formula is C18H21N7O2. The maximum atomic E-state index is 12.3. The van der Waals surface area contributed by atoms with Crippen LogP contribution in [0.15, 0.2) is 42.9 Å². The van der Waals surface area contributed by atoms with Crippen LogP contribution in [0.5, 0.6) is 5.75 Å². The van der Waals surface area contributed by atoms with E-state index in [1.807, 2.05) is 34.7 Å². The van der Waals surface area contributed by atoms with Crippen molar-refractivity contribution in [3.05, 3.63) is 42.9 Å². The summed E-state index contributed by atoms with van der Waals surface area (Å²) in [6, 6.07) is 9.29. The van der Waals surface area contributed by atoms with E-state index in [0.717, 1.165) is 43.4 Å². The van der Waals surface area contributed by atoms with E-state index in [2.05, 4.69) is 30.3 Å². The van der Waals surface area contributed by atoms with Crippen molar-refractivity contribution in [1.82, 2.24) is 24.5 Å². The van der Waals surface area contributed by atoms with E-state index in [-0.39, 0.29) is 5.91 Å². The summed E-state index contributed by atoms with van der Waals surface area (Å²) in [5.74, 6) is 2.36. The zero-order valence-corrected chi connectivity index (χ0v) is 15.1. The minimum absolute atomic E-state index is 0.0151. The molecule has 0 saturated carbocycles. The smallest absolute Gasteiger partial charge is 0.256 e. The van der Waals surface area contributed by atoms with Gasteiger partial charge in [-0.25, -0.2) is 4.98 Å². The van der Waals surface area contributed by atoms with Gasteiger partial charge in [-0.1, -0.05) is 0 Å². The number of hydrogen-bond donors (Lipinski definition) is 1. The van der Waals surface area contributed by atoms with Crippen molar-refractivity contribution in [2.45, 2.75) is 0 Å². The number of ether oxygens (including phenoxy) is 1. The second-order valence-corrected chi connectivity index (χ2v) is 6.34. The SMILES string of the molecule is COc1ccc(NC(=O)CN2CCN(c3ccnc4nncn34)CC2)cc1. The lowest BCUT2D eigenvalue weighted by Crippen LogP contribution is -2.49. The standard InChI is InChI=1S/C18H21N7O2/c1-27-15-4-2-14(3-5-15)21-16(26)12-23-8-10-24(11-9-23)17-6-7-19-18-22-20-13-25(17)18/h2-7,13H,8-12H2,1H3,(H,21,26). The number of rotatable bonds is 5. The first-order valence-electron chi connectivity index (χ1n) is 8.79. The highest BCUT2D eigenvalue weighted by molar-refractivity contribution is 5.92. The second kappa shape index (κ2) is 7.58. The number of fused-ring (bicyclic) bond motifs is 1. The average molecular weight is 367 g/mol. The Morgan fingerprint density at radius 1 is 1.15 bits per heavy atom. The molecule has 1 aliphatic heterocycles. The highest BCUT2D eigenvalue weighted by atomic mass is 16.5. The van der Waals surface area contributed by atoms with Gasteiger partial charge in [0.15, 0.2) is 0 Å². The van der Waals surface area contributed by atoms with Gasteiger partial charge in [0.2, 0.25) is 5.91 Å². The minimum atomic E-state index is -0.0151. The maximum Gasteiger partial charge on any atom is 0.256 e. The van der Waals surface area contributed by atoms with Crippen molar-refractivity contribution in [2.75, 3.05) is 50.1 Å². The van der Waals surface area contributed by atoms with E-state index in [1.54, 1.807) is 19.6 Å². The lowest BCUT2D eigenvalue weighted by molar-refractivity contribution is -0.117. The molecule has 0 bridgehead atoms. The van der Waals surface area contributed by atoms with Crippen LogP contribution in [0.4, 0.5) is 11.5 Å². The van der Waals surface area contributed by atoms with Crippen LogP contribution in [0.2, 0.25) is 0 Å². The van der Waals surface area contributed by atoms with E-state index in [4.69, 9.17) is 4.74 Å². The first kappa shape index (κ1) is 17.2. The molecule has 3 aromatic rings. The summed E-state index contributed by atoms with van der Waals surface area (Å²) in [4.78, 5) is 20.9. The summed E-state index contributed by atoms with van der Waals surface area (Å²) < 4.78 is 7.01. The number of benzene rings is 1. The molecule has 0 atom stereocenters. The fourth-order valence-electron chi connectivity index (χ4n) is 3.20. The van der Waals surface area contributed by atoms with Crippen molar-refractivity contribution >= 4 is 23.2 Å². The summed E-state index contributed by atoms with van der Waals surface area (Å²) in [7, 11) is 1.62. The first-order valence-corrected chi connectivity index (χ1v) is 8.79. The fraction of sp³-hybridized carbons (Fsp3) is 0.333. The van der Waals surface area contributed by atoms with E-state index < -0.39 is 0 Å². The maximum absolute atomic E-state index is 12.3. The van der Waals surface area contributed by atoms with E-state index >= 15 is 0 Å². The van der Waals surface area contributed by atoms with Crippen LogP contribution in [0.1, 0.15) is 0 Å². The Morgan fingerprint density at radius 3 is 2.67 bits per heavy atom. The van der Waals surface area contributed by atoms with Crippen LogP contribution in [0, 0.1) is 0 Å². The van der Waals surface area contributed by atoms with Gasteiger partial charge < -0.3 is 15.0 Å². The highest BCUT2D eigenvalue weighted by Gasteiger charge is 2.21. The molecule has 0 aliphatic carbocycles. The van der Waals surface area contributed by atoms with Crippen LogP contribution in [0.25, 0.3) is 5.78 Å². The Hall–Kier alpha value is -3.20. The number of hydrogen-bond acceptors (Lipinski definition) is 7. The number of methoxy groups -OCH3 is 1. The molecule has 1 saturated heterocycles. The summed E-state index contributed by atoms with van der Waals surface area (Å²) in [5.41, 5.74) is 0.770. The zero-order chi connectivity index (χ0) is 18.6. The van der Waals surface area contributed by atoms with Crippen LogP contribution >= 0.6 is 0 Å². The molecule has 9 nitrogen and oxygen atoms in total. The Bertz CT molecular complexity index is 917. The molecule has 9 heteroatoms. The molecule has 2 aromatic heterocycles. The molecule has 0 radical (unpaired) electrons. The number of carbonyl (C=O) groups is 1. The van der Waals surface area contributed by atoms with Crippen molar-refractivity contribution in [1.29, 1.82) is 0 Å². The largest absolute Gasteiger partial charge is 0.497 e. The van der Waals surface area contributed by atoms with Crippen LogP contribution in [0.3, 0.4) is 0 Å². The third kappa shape index (κ3) is 3.82. The molecule has 140 valence electrons. The minimum Gasteiger partial charge on any atom is -0.497 e. The topological polar surface area (TPSA) is 87.9 Å². The summed E-state index contributed by atoms with van der Waals surface area (Å²) in [5, 5.41) is 10.8. The van der Waals surface area contributed by atoms with Gasteiger partial charge in [-0.15, -0.1) is 10.2 Å². The molecule has 27 heavy (non-hydrogen) atoms. The normalized spacial score (nSPS) is 15.1. The first-order chi connectivity index (χ1) is 13.2. The quantitative estimate of drug-likeness (QED) is 0.717. The number of amides is 1. The molecule has 1 aliphatic rings. The molecule has 4 rings (SSSR count). The van der Waals surface area contributed by atoms with Gasteiger partial charge >= 0.3 is 0 Å². The highest BCUT2D eigenvalue weighted by Crippen LogP contribution is 2.17. The van der Waals surface area contributed by atoms with Gasteiger partial charge in [0.25, 0.3) is 5.78 Å². The third-order valence-corrected chi connectivity index (χ3v) is 4.63. The average Bonchev–Trinajstić information content (AvgIpc) is 3.18. The van der Waals surface area contributed by atoms with Crippen molar-refractivity contribution in [2.24, 2.45) is 0 Å². The lowest BCUT2D eigenvalue weighted by atomic mass is 10.3. The number of nitrogens with zero attached hydrogens (tertiary/aromatic N) is 6. The number of nitrogens with one attached hydrogen (secondary N) is 1. The van der Waals surface area contributed by atoms with Crippen LogP contribution in [-0.2, 0) is 4.79 Å². The van der Waals surface area contributed by atoms with Crippen LogP contribution < -0.4 is 15.0 Å². The monoisotopic (exact) mass is 367 g/mol. The van der Waals surface area contributed by atoms with E-state index in [0.29, 0.717) is 12.3 Å². The van der Waals surface area contributed by atoms with Gasteiger partial charge in [0.1, 0.15) is 17.9 Å². The van der Waals surface area contributed by atoms with Crippen molar-refractivity contribution in [3.8, 4) is 5.75 Å². The van der Waals surface area contributed by atoms with Gasteiger partial charge in [0, 0.05) is 38.1 Å². The van der Waals surface area contributed by atoms with E-state index in [1.165, 1.54) is 0 Å². The third-order valence-electron chi connectivity index (χ3n) is 4.63. The number of piperazine rings is 1. The Labute approximate surface area is 156 Å². The van der Waals surface area contributed by atoms with Gasteiger partial charge in [-0.05, 0) is 30.3 Å². The summed E-state index contributed by atoms with van der Waals surface area (Å²) >= 11 is 0. The van der Waals surface area contributed by atoms with E-state index in [9.17, 15) is 4.79 Å². The number of aromatic nitrogens is 4. The number of anilines is 2. The Morgan fingerprint density at radius 2 is 1.93 bits per heavy atom. The lowest BCUT2D eigenvalue weighted by Gasteiger charge is -2.35. The van der Waals surface area contributed by atoms with Crippen molar-refractivity contribution < 1.29 is 9.53 Å². The van der Waals surface area contributed by atoms with Crippen LogP contribution in [-0.4, -0.2) is 70.2 Å². The van der Waals surface area contributed by atoms with Gasteiger partial charge in [0.05, 0.1) is 13.7 Å². The fourth-order valence-corrected chi connectivity index (χ4v) is 3.20. The molecule has 3 heterocycles. The van der Waals surface area contributed by atoms with Gasteiger partial charge in [-0.2, -0.15) is 0 Å². The summed E-state index contributed by atoms with van der Waals surface area (Å²) in [6.45, 7) is 3.64. The molecule has 1 N–H and O–H groups in total. The predicted octanol–water partition coefficient (Wildman–Crippen LogP) is 0.894.